The van der Waals surface area contributed by atoms with Gasteiger partial charge in [0.05, 0.1) is 31.0 Å². The molecule has 0 radical (unpaired) electrons. The third kappa shape index (κ3) is 5.86. The van der Waals surface area contributed by atoms with Crippen molar-refractivity contribution in [3.8, 4) is 5.75 Å². The Kier molecular flexibility index (Phi) is 8.02. The van der Waals surface area contributed by atoms with Crippen LogP contribution in [0.25, 0.3) is 0 Å². The monoisotopic (exact) mass is 543 g/mol. The summed E-state index contributed by atoms with van der Waals surface area (Å²) in [7, 11) is 3.83. The summed E-state index contributed by atoms with van der Waals surface area (Å²) in [6.07, 6.45) is 4.26. The lowest BCUT2D eigenvalue weighted by molar-refractivity contribution is -0.144. The second-order valence-corrected chi connectivity index (χ2v) is 11.6. The van der Waals surface area contributed by atoms with Crippen molar-refractivity contribution in [2.24, 2.45) is 11.8 Å². The number of para-hydroxylation sites is 2. The van der Waals surface area contributed by atoms with Gasteiger partial charge in [-0.15, -0.1) is 5.10 Å². The molecule has 9 heteroatoms. The first-order valence-electron chi connectivity index (χ1n) is 14.6. The number of piperazine rings is 1. The first-order valence-corrected chi connectivity index (χ1v) is 14.6. The lowest BCUT2D eigenvalue weighted by Crippen LogP contribution is -2.60. The lowest BCUT2D eigenvalue weighted by atomic mass is 9.75. The van der Waals surface area contributed by atoms with Gasteiger partial charge in [-0.05, 0) is 50.0 Å². The molecule has 4 unspecified atom stereocenters. The van der Waals surface area contributed by atoms with Gasteiger partial charge in [-0.1, -0.05) is 47.7 Å². The summed E-state index contributed by atoms with van der Waals surface area (Å²) in [6.45, 7) is 7.64. The summed E-state index contributed by atoms with van der Waals surface area (Å²) in [5, 5.41) is 8.90. The molecule has 4 saturated heterocycles. The van der Waals surface area contributed by atoms with Gasteiger partial charge in [0, 0.05) is 58.1 Å². The van der Waals surface area contributed by atoms with Crippen LogP contribution in [0.2, 0.25) is 0 Å². The highest BCUT2D eigenvalue weighted by Gasteiger charge is 2.44. The van der Waals surface area contributed by atoms with Crippen molar-refractivity contribution in [1.29, 1.82) is 0 Å². The third-order valence-electron chi connectivity index (χ3n) is 8.92. The number of amides is 1. The van der Waals surface area contributed by atoms with Crippen molar-refractivity contribution < 1.29 is 9.53 Å². The fraction of sp³-hybridized carbons (Fsp3) is 0.516. The van der Waals surface area contributed by atoms with E-state index in [-0.39, 0.29) is 5.92 Å². The van der Waals surface area contributed by atoms with Gasteiger partial charge < -0.3 is 14.5 Å². The van der Waals surface area contributed by atoms with E-state index in [2.05, 4.69) is 73.5 Å². The van der Waals surface area contributed by atoms with E-state index < -0.39 is 0 Å². The Labute approximate surface area is 237 Å². The van der Waals surface area contributed by atoms with Crippen LogP contribution in [0, 0.1) is 11.8 Å². The van der Waals surface area contributed by atoms with E-state index in [4.69, 9.17) is 4.74 Å². The van der Waals surface area contributed by atoms with Gasteiger partial charge in [0.1, 0.15) is 5.75 Å². The lowest BCUT2D eigenvalue weighted by Gasteiger charge is -2.50. The van der Waals surface area contributed by atoms with Crippen LogP contribution in [0.15, 0.2) is 60.8 Å². The minimum Gasteiger partial charge on any atom is -0.495 e. The van der Waals surface area contributed by atoms with E-state index in [0.29, 0.717) is 17.9 Å². The van der Waals surface area contributed by atoms with Crippen LogP contribution in [0.3, 0.4) is 0 Å². The molecular weight excluding hydrogens is 502 g/mol. The molecule has 2 bridgehead atoms. The molecule has 1 aromatic heterocycles. The van der Waals surface area contributed by atoms with E-state index in [0.717, 1.165) is 88.9 Å². The van der Waals surface area contributed by atoms with Crippen LogP contribution in [0.4, 0.5) is 5.69 Å². The number of aromatic nitrogens is 3. The van der Waals surface area contributed by atoms with Crippen molar-refractivity contribution in [2.45, 2.75) is 38.5 Å². The summed E-state index contributed by atoms with van der Waals surface area (Å²) in [6, 6.07) is 19.1. The summed E-state index contributed by atoms with van der Waals surface area (Å²) < 4.78 is 7.56. The average molecular weight is 544 g/mol. The second kappa shape index (κ2) is 12.0. The Balaban J connectivity index is 0.998. The molecule has 3 aromatic rings. The molecule has 4 aliphatic rings. The third-order valence-corrected chi connectivity index (χ3v) is 8.92. The predicted molar refractivity (Wildman–Crippen MR) is 155 cm³/mol. The summed E-state index contributed by atoms with van der Waals surface area (Å²) in [4.78, 5) is 22.9. The number of benzene rings is 2. The number of hydrogen-bond donors (Lipinski definition) is 0. The number of carbonyl (C=O) groups is 1. The molecule has 1 amide bonds. The molecule has 2 aromatic carbocycles. The van der Waals surface area contributed by atoms with Gasteiger partial charge in [0.15, 0.2) is 0 Å². The second-order valence-electron chi connectivity index (χ2n) is 11.6. The smallest absolute Gasteiger partial charge is 0.227 e. The molecule has 0 spiro atoms. The van der Waals surface area contributed by atoms with Crippen LogP contribution in [-0.4, -0.2) is 95.1 Å². The standard InChI is InChI=1S/C31H41N7O2/c1-34(19-24-8-4-3-5-9-24)20-26-21-38(33-32-26)22-27-18-25-12-13-37(27)23-28(25)31(39)36-16-14-35(15-17-36)29-10-6-7-11-30(29)40-2/h3-11,21,25,27-28H,12-20,22-23H2,1-2H3. The highest BCUT2D eigenvalue weighted by molar-refractivity contribution is 5.80. The van der Waals surface area contributed by atoms with Gasteiger partial charge >= 0.3 is 0 Å². The van der Waals surface area contributed by atoms with Crippen molar-refractivity contribution in [3.63, 3.8) is 0 Å². The maximum absolute atomic E-state index is 13.6. The molecular formula is C31H41N7O2. The summed E-state index contributed by atoms with van der Waals surface area (Å²) in [5.74, 6) is 1.80. The Bertz CT molecular complexity index is 1270. The fourth-order valence-electron chi connectivity index (χ4n) is 6.84. The number of methoxy groups -OCH3 is 1. The number of carbonyl (C=O) groups excluding carboxylic acids is 1. The number of fused-ring (bicyclic) bond motifs is 3. The van der Waals surface area contributed by atoms with E-state index in [1.54, 1.807) is 7.11 Å². The Morgan fingerprint density at radius 3 is 2.52 bits per heavy atom. The van der Waals surface area contributed by atoms with Gasteiger partial charge in [-0.2, -0.15) is 0 Å². The Hall–Kier alpha value is -3.43. The van der Waals surface area contributed by atoms with Crippen LogP contribution < -0.4 is 9.64 Å². The molecule has 4 aliphatic heterocycles. The molecule has 7 rings (SSSR count). The van der Waals surface area contributed by atoms with E-state index >= 15 is 0 Å². The molecule has 4 fully saturated rings. The number of anilines is 1. The van der Waals surface area contributed by atoms with E-state index in [9.17, 15) is 4.79 Å². The Morgan fingerprint density at radius 2 is 1.77 bits per heavy atom. The van der Waals surface area contributed by atoms with Gasteiger partial charge in [-0.25, -0.2) is 0 Å². The van der Waals surface area contributed by atoms with Gasteiger partial charge in [-0.3, -0.25) is 19.3 Å². The first kappa shape index (κ1) is 26.8. The molecule has 9 nitrogen and oxygen atoms in total. The zero-order valence-electron chi connectivity index (χ0n) is 23.7. The minimum absolute atomic E-state index is 0.112. The molecule has 0 aliphatic carbocycles. The molecule has 4 atom stereocenters. The van der Waals surface area contributed by atoms with Crippen LogP contribution in [0.1, 0.15) is 24.1 Å². The zero-order chi connectivity index (χ0) is 27.5. The molecule has 0 saturated carbocycles. The van der Waals surface area contributed by atoms with Crippen LogP contribution in [-0.2, 0) is 24.4 Å². The van der Waals surface area contributed by atoms with Crippen LogP contribution in [0.5, 0.6) is 5.75 Å². The van der Waals surface area contributed by atoms with Crippen molar-refractivity contribution in [3.05, 3.63) is 72.1 Å². The fourth-order valence-corrected chi connectivity index (χ4v) is 6.84. The first-order chi connectivity index (χ1) is 19.6. The SMILES string of the molecule is COc1ccccc1N1CCN(C(=O)C2CN3CCC2CC3Cn2cc(CN(C)Cc3ccccc3)nn2)CC1. The maximum Gasteiger partial charge on any atom is 0.227 e. The molecule has 5 heterocycles. The zero-order valence-corrected chi connectivity index (χ0v) is 23.7. The largest absolute Gasteiger partial charge is 0.495 e. The highest BCUT2D eigenvalue weighted by Crippen LogP contribution is 2.38. The number of ether oxygens (including phenoxy) is 1. The molecule has 212 valence electrons. The number of hydrogen-bond acceptors (Lipinski definition) is 7. The summed E-state index contributed by atoms with van der Waals surface area (Å²) in [5.41, 5.74) is 3.41. The minimum atomic E-state index is 0.112. The van der Waals surface area contributed by atoms with E-state index in [1.807, 2.05) is 28.9 Å². The number of nitrogens with zero attached hydrogens (tertiary/aromatic N) is 7. The Morgan fingerprint density at radius 1 is 1.00 bits per heavy atom. The topological polar surface area (TPSA) is 70.0 Å². The van der Waals surface area contributed by atoms with Crippen LogP contribution >= 0.6 is 0 Å². The normalized spacial score (nSPS) is 24.5. The predicted octanol–water partition coefficient (Wildman–Crippen LogP) is 2.98. The molecule has 40 heavy (non-hydrogen) atoms. The van der Waals surface area contributed by atoms with Gasteiger partial charge in [0.25, 0.3) is 0 Å². The quantitative estimate of drug-likeness (QED) is 0.411. The van der Waals surface area contributed by atoms with Crippen molar-refractivity contribution in [2.75, 3.05) is 58.3 Å². The summed E-state index contributed by atoms with van der Waals surface area (Å²) >= 11 is 0. The van der Waals surface area contributed by atoms with Crippen molar-refractivity contribution >= 4 is 11.6 Å². The van der Waals surface area contributed by atoms with Crippen molar-refractivity contribution in [1.82, 2.24) is 29.7 Å². The average Bonchev–Trinajstić information content (AvgIpc) is 3.43. The highest BCUT2D eigenvalue weighted by atomic mass is 16.5. The van der Waals surface area contributed by atoms with E-state index in [1.165, 1.54) is 5.56 Å². The maximum atomic E-state index is 13.6. The van der Waals surface area contributed by atoms with Gasteiger partial charge in [0.2, 0.25) is 5.91 Å². The number of rotatable bonds is 9. The number of piperidine rings is 3. The molecule has 0 N–H and O–H groups in total.